The summed E-state index contributed by atoms with van der Waals surface area (Å²) in [7, 11) is 0. The third-order valence-corrected chi connectivity index (χ3v) is 3.36. The molecule has 3 nitrogen and oxygen atoms in total. The van der Waals surface area contributed by atoms with Gasteiger partial charge in [0.15, 0.2) is 11.6 Å². The van der Waals surface area contributed by atoms with E-state index in [1.165, 1.54) is 0 Å². The maximum atomic E-state index is 12.1. The molecule has 102 valence electrons. The van der Waals surface area contributed by atoms with Crippen LogP contribution in [0.15, 0.2) is 42.6 Å². The van der Waals surface area contributed by atoms with Crippen molar-refractivity contribution in [3.63, 3.8) is 0 Å². The summed E-state index contributed by atoms with van der Waals surface area (Å²) in [4.78, 5) is 28.0. The Bertz CT molecular complexity index is 633. The number of carbonyl (C=O) groups excluding carboxylic acids is 2. The van der Waals surface area contributed by atoms with Crippen molar-refractivity contribution in [3.8, 4) is 0 Å². The Morgan fingerprint density at radius 2 is 1.70 bits per heavy atom. The number of pyridine rings is 1. The number of ketones is 2. The predicted molar refractivity (Wildman–Crippen MR) is 78.0 cm³/mol. The molecular formula is C17H17NO2. The summed E-state index contributed by atoms with van der Waals surface area (Å²) in [5.74, 6) is -0.0971. The van der Waals surface area contributed by atoms with Crippen LogP contribution in [-0.4, -0.2) is 16.6 Å². The lowest BCUT2D eigenvalue weighted by Crippen LogP contribution is -2.07. The normalized spacial score (nSPS) is 10.3. The summed E-state index contributed by atoms with van der Waals surface area (Å²) in [6.07, 6.45) is 2.00. The lowest BCUT2D eigenvalue weighted by Gasteiger charge is -2.04. The largest absolute Gasteiger partial charge is 0.294 e. The van der Waals surface area contributed by atoms with Crippen LogP contribution in [0.2, 0.25) is 0 Å². The van der Waals surface area contributed by atoms with E-state index < -0.39 is 0 Å². The molecule has 20 heavy (non-hydrogen) atoms. The first-order valence-electron chi connectivity index (χ1n) is 6.62. The van der Waals surface area contributed by atoms with Gasteiger partial charge in [-0.1, -0.05) is 18.2 Å². The average molecular weight is 267 g/mol. The van der Waals surface area contributed by atoms with E-state index in [0.717, 1.165) is 11.1 Å². The van der Waals surface area contributed by atoms with Gasteiger partial charge in [0.05, 0.1) is 0 Å². The van der Waals surface area contributed by atoms with Gasteiger partial charge in [0.1, 0.15) is 5.69 Å². The molecule has 1 heterocycles. The van der Waals surface area contributed by atoms with E-state index in [0.29, 0.717) is 11.3 Å². The smallest absolute Gasteiger partial charge is 0.181 e. The first-order chi connectivity index (χ1) is 9.58. The first-order valence-corrected chi connectivity index (χ1v) is 6.62. The Balaban J connectivity index is 1.98. The van der Waals surface area contributed by atoms with E-state index in [4.69, 9.17) is 0 Å². The highest BCUT2D eigenvalue weighted by Crippen LogP contribution is 2.13. The molecule has 1 aromatic carbocycles. The van der Waals surface area contributed by atoms with Gasteiger partial charge in [0, 0.05) is 24.6 Å². The number of nitrogens with zero attached hydrogens (tertiary/aromatic N) is 1. The SMILES string of the molecule is Cc1ccc(C(=O)CCC(=O)c2ccccn2)cc1C. The highest BCUT2D eigenvalue weighted by Gasteiger charge is 2.12. The molecule has 0 bridgehead atoms. The molecule has 0 N–H and O–H groups in total. The van der Waals surface area contributed by atoms with Crippen molar-refractivity contribution >= 4 is 11.6 Å². The van der Waals surface area contributed by atoms with Gasteiger partial charge in [-0.3, -0.25) is 14.6 Å². The van der Waals surface area contributed by atoms with Crippen LogP contribution in [0.3, 0.4) is 0 Å². The summed E-state index contributed by atoms with van der Waals surface area (Å²) in [6.45, 7) is 3.99. The van der Waals surface area contributed by atoms with E-state index in [1.807, 2.05) is 32.0 Å². The molecule has 0 atom stereocenters. The summed E-state index contributed by atoms with van der Waals surface area (Å²) in [5.41, 5.74) is 3.33. The number of aromatic nitrogens is 1. The van der Waals surface area contributed by atoms with E-state index >= 15 is 0 Å². The molecule has 2 rings (SSSR count). The third-order valence-electron chi connectivity index (χ3n) is 3.36. The van der Waals surface area contributed by atoms with Gasteiger partial charge >= 0.3 is 0 Å². The van der Waals surface area contributed by atoms with Crippen LogP contribution in [0.25, 0.3) is 0 Å². The van der Waals surface area contributed by atoms with Crippen LogP contribution in [-0.2, 0) is 0 Å². The molecule has 0 saturated carbocycles. The Morgan fingerprint density at radius 3 is 2.35 bits per heavy atom. The Kier molecular flexibility index (Phi) is 4.41. The maximum Gasteiger partial charge on any atom is 0.181 e. The van der Waals surface area contributed by atoms with Crippen molar-refractivity contribution in [3.05, 3.63) is 65.0 Å². The third kappa shape index (κ3) is 3.38. The fourth-order valence-electron chi connectivity index (χ4n) is 1.94. The molecule has 0 spiro atoms. The van der Waals surface area contributed by atoms with Crippen LogP contribution in [0.5, 0.6) is 0 Å². The van der Waals surface area contributed by atoms with Gasteiger partial charge < -0.3 is 0 Å². The first kappa shape index (κ1) is 14.1. The van der Waals surface area contributed by atoms with Crippen molar-refractivity contribution in [1.82, 2.24) is 4.98 Å². The number of rotatable bonds is 5. The molecule has 1 aromatic heterocycles. The van der Waals surface area contributed by atoms with Crippen molar-refractivity contribution in [2.24, 2.45) is 0 Å². The molecule has 0 fully saturated rings. The summed E-state index contributed by atoms with van der Waals surface area (Å²) in [6, 6.07) is 10.8. The number of hydrogen-bond donors (Lipinski definition) is 0. The standard InChI is InChI=1S/C17H17NO2/c1-12-6-7-14(11-13(12)2)16(19)8-9-17(20)15-5-3-4-10-18-15/h3-7,10-11H,8-9H2,1-2H3. The summed E-state index contributed by atoms with van der Waals surface area (Å²) >= 11 is 0. The van der Waals surface area contributed by atoms with Crippen LogP contribution in [0, 0.1) is 13.8 Å². The Labute approximate surface area is 118 Å². The molecule has 0 saturated heterocycles. The van der Waals surface area contributed by atoms with Crippen molar-refractivity contribution in [1.29, 1.82) is 0 Å². The molecular weight excluding hydrogens is 250 g/mol. The van der Waals surface area contributed by atoms with E-state index in [-0.39, 0.29) is 24.4 Å². The lowest BCUT2D eigenvalue weighted by molar-refractivity contribution is 0.0915. The second-order valence-corrected chi connectivity index (χ2v) is 4.86. The van der Waals surface area contributed by atoms with Gasteiger partial charge in [0.2, 0.25) is 0 Å². The van der Waals surface area contributed by atoms with E-state index in [2.05, 4.69) is 4.98 Å². The fourth-order valence-corrected chi connectivity index (χ4v) is 1.94. The monoisotopic (exact) mass is 267 g/mol. The van der Waals surface area contributed by atoms with Crippen LogP contribution in [0.4, 0.5) is 0 Å². The minimum absolute atomic E-state index is 0.00242. The minimum Gasteiger partial charge on any atom is -0.294 e. The van der Waals surface area contributed by atoms with Crippen molar-refractivity contribution < 1.29 is 9.59 Å². The maximum absolute atomic E-state index is 12.1. The summed E-state index contributed by atoms with van der Waals surface area (Å²) in [5, 5.41) is 0. The number of aryl methyl sites for hydroxylation is 2. The Morgan fingerprint density at radius 1 is 0.950 bits per heavy atom. The lowest BCUT2D eigenvalue weighted by atomic mass is 10.00. The number of Topliss-reactive ketones (excluding diaryl/α,β-unsaturated/α-hetero) is 2. The Hall–Kier alpha value is -2.29. The average Bonchev–Trinajstić information content (AvgIpc) is 2.48. The van der Waals surface area contributed by atoms with Gasteiger partial charge in [-0.15, -0.1) is 0 Å². The zero-order valence-corrected chi connectivity index (χ0v) is 11.7. The number of hydrogen-bond acceptors (Lipinski definition) is 3. The van der Waals surface area contributed by atoms with Gasteiger partial charge in [0.25, 0.3) is 0 Å². The second-order valence-electron chi connectivity index (χ2n) is 4.86. The highest BCUT2D eigenvalue weighted by atomic mass is 16.1. The van der Waals surface area contributed by atoms with Crippen LogP contribution in [0.1, 0.15) is 44.8 Å². The van der Waals surface area contributed by atoms with Crippen molar-refractivity contribution in [2.45, 2.75) is 26.7 Å². The van der Waals surface area contributed by atoms with Gasteiger partial charge in [-0.05, 0) is 43.2 Å². The van der Waals surface area contributed by atoms with Crippen molar-refractivity contribution in [2.75, 3.05) is 0 Å². The predicted octanol–water partition coefficient (Wildman–Crippen LogP) is 3.54. The van der Waals surface area contributed by atoms with E-state index in [9.17, 15) is 9.59 Å². The van der Waals surface area contributed by atoms with Gasteiger partial charge in [-0.25, -0.2) is 0 Å². The van der Waals surface area contributed by atoms with Crippen LogP contribution >= 0.6 is 0 Å². The quantitative estimate of drug-likeness (QED) is 0.778. The topological polar surface area (TPSA) is 47.0 Å². The molecule has 0 aliphatic heterocycles. The number of benzene rings is 1. The molecule has 3 heteroatoms. The molecule has 0 aliphatic rings. The fraction of sp³-hybridized carbons (Fsp3) is 0.235. The molecule has 0 unspecified atom stereocenters. The second kappa shape index (κ2) is 6.24. The van der Waals surface area contributed by atoms with E-state index in [1.54, 1.807) is 24.4 Å². The summed E-state index contributed by atoms with van der Waals surface area (Å²) < 4.78 is 0. The molecule has 0 amide bonds. The highest BCUT2D eigenvalue weighted by molar-refractivity contribution is 6.01. The zero-order valence-electron chi connectivity index (χ0n) is 11.7. The van der Waals surface area contributed by atoms with Crippen LogP contribution < -0.4 is 0 Å². The number of carbonyl (C=O) groups is 2. The zero-order chi connectivity index (χ0) is 14.5. The minimum atomic E-state index is -0.0946. The van der Waals surface area contributed by atoms with Gasteiger partial charge in [-0.2, -0.15) is 0 Å². The molecule has 0 aliphatic carbocycles. The molecule has 0 radical (unpaired) electrons. The molecule has 2 aromatic rings.